The van der Waals surface area contributed by atoms with Crippen LogP contribution >= 0.6 is 0 Å². The number of aromatic nitrogens is 3. The molecule has 2 rings (SSSR count). The fourth-order valence-corrected chi connectivity index (χ4v) is 1.58. The van der Waals surface area contributed by atoms with E-state index in [4.69, 9.17) is 5.26 Å². The van der Waals surface area contributed by atoms with Crippen molar-refractivity contribution in [1.82, 2.24) is 15.0 Å². The van der Waals surface area contributed by atoms with Crippen LogP contribution in [0.2, 0.25) is 0 Å². The molecule has 0 amide bonds. The van der Waals surface area contributed by atoms with Crippen molar-refractivity contribution in [2.45, 2.75) is 5.92 Å². The van der Waals surface area contributed by atoms with Gasteiger partial charge in [0.25, 0.3) is 0 Å². The average molecular weight is 244 g/mol. The molecule has 1 aromatic heterocycles. The number of benzene rings is 1. The summed E-state index contributed by atoms with van der Waals surface area (Å²) in [6.45, 7) is 0. The number of nitriles is 1. The van der Waals surface area contributed by atoms with Gasteiger partial charge >= 0.3 is 0 Å². The maximum Gasteiger partial charge on any atom is 0.206 e. The average Bonchev–Trinajstić information content (AvgIpc) is 2.77. The summed E-state index contributed by atoms with van der Waals surface area (Å²) in [6, 6.07) is 7.27. The van der Waals surface area contributed by atoms with E-state index in [1.54, 1.807) is 7.05 Å². The van der Waals surface area contributed by atoms with Gasteiger partial charge in [-0.25, -0.2) is 4.39 Å². The van der Waals surface area contributed by atoms with E-state index >= 15 is 0 Å². The number of Topliss-reactive ketones (excluding diaryl/α,β-unsaturated/α-hetero) is 1. The van der Waals surface area contributed by atoms with Gasteiger partial charge in [0.2, 0.25) is 5.78 Å². The van der Waals surface area contributed by atoms with E-state index in [1.807, 2.05) is 6.07 Å². The fraction of sp³-hybridized carbons (Fsp3) is 0.167. The lowest BCUT2D eigenvalue weighted by molar-refractivity contribution is 0.0973. The smallest absolute Gasteiger partial charge is 0.206 e. The Morgan fingerprint density at radius 1 is 1.56 bits per heavy atom. The van der Waals surface area contributed by atoms with E-state index < -0.39 is 17.5 Å². The number of hydrogen-bond donors (Lipinski definition) is 0. The Hall–Kier alpha value is -2.55. The van der Waals surface area contributed by atoms with Crippen LogP contribution in [0.3, 0.4) is 0 Å². The molecule has 0 saturated carbocycles. The number of halogens is 1. The molecular formula is C12H9FN4O. The topological polar surface area (TPSA) is 71.6 Å². The van der Waals surface area contributed by atoms with Crippen molar-refractivity contribution >= 4 is 5.78 Å². The van der Waals surface area contributed by atoms with Gasteiger partial charge in [-0.05, 0) is 17.7 Å². The van der Waals surface area contributed by atoms with Gasteiger partial charge in [-0.3, -0.25) is 4.79 Å². The summed E-state index contributed by atoms with van der Waals surface area (Å²) in [6.07, 6.45) is 1.28. The summed E-state index contributed by atoms with van der Waals surface area (Å²) in [5.41, 5.74) is 0.404. The molecule has 1 unspecified atom stereocenters. The fourth-order valence-electron chi connectivity index (χ4n) is 1.58. The predicted molar refractivity (Wildman–Crippen MR) is 60.1 cm³/mol. The third-order valence-electron chi connectivity index (χ3n) is 2.43. The van der Waals surface area contributed by atoms with E-state index in [2.05, 4.69) is 10.2 Å². The molecule has 6 heteroatoms. The zero-order chi connectivity index (χ0) is 13.1. The van der Waals surface area contributed by atoms with Crippen LogP contribution in [-0.2, 0) is 7.05 Å². The van der Waals surface area contributed by atoms with Crippen LogP contribution in [0.5, 0.6) is 0 Å². The van der Waals surface area contributed by atoms with Crippen molar-refractivity contribution in [2.24, 2.45) is 7.05 Å². The van der Waals surface area contributed by atoms with Gasteiger partial charge in [-0.2, -0.15) is 20.3 Å². The van der Waals surface area contributed by atoms with Gasteiger partial charge in [0.15, 0.2) is 0 Å². The number of hydrogen-bond acceptors (Lipinski definition) is 4. The molecule has 0 fully saturated rings. The molecule has 0 N–H and O–H groups in total. The van der Waals surface area contributed by atoms with Crippen molar-refractivity contribution in [3.8, 4) is 6.07 Å². The van der Waals surface area contributed by atoms with Crippen LogP contribution in [0, 0.1) is 17.1 Å². The summed E-state index contributed by atoms with van der Waals surface area (Å²) in [5.74, 6) is -2.05. The van der Waals surface area contributed by atoms with Crippen LogP contribution in [0.1, 0.15) is 22.0 Å². The molecule has 1 atom stereocenters. The van der Waals surface area contributed by atoms with Gasteiger partial charge in [-0.15, -0.1) is 0 Å². The molecular weight excluding hydrogens is 235 g/mol. The van der Waals surface area contributed by atoms with Crippen molar-refractivity contribution in [3.63, 3.8) is 0 Å². The minimum absolute atomic E-state index is 0.0910. The lowest BCUT2D eigenvalue weighted by Crippen LogP contribution is -2.12. The van der Waals surface area contributed by atoms with Gasteiger partial charge < -0.3 is 0 Å². The second kappa shape index (κ2) is 4.75. The predicted octanol–water partition coefficient (Wildman–Crippen LogP) is 1.44. The van der Waals surface area contributed by atoms with Crippen molar-refractivity contribution in [1.29, 1.82) is 5.26 Å². The molecule has 1 aromatic carbocycles. The maximum absolute atomic E-state index is 13.1. The Labute approximate surface area is 102 Å². The second-order valence-electron chi connectivity index (χ2n) is 3.70. The number of rotatable bonds is 3. The maximum atomic E-state index is 13.1. The minimum atomic E-state index is -1.07. The molecule has 0 spiro atoms. The quantitative estimate of drug-likeness (QED) is 0.766. The molecule has 0 bridgehead atoms. The van der Waals surface area contributed by atoms with E-state index in [-0.39, 0.29) is 5.69 Å². The Morgan fingerprint density at radius 2 is 2.33 bits per heavy atom. The SMILES string of the molecule is Cn1ncc(C(=O)C(C#N)c2cccc(F)c2)n1. The van der Waals surface area contributed by atoms with E-state index in [0.717, 1.165) is 0 Å². The van der Waals surface area contributed by atoms with Crippen LogP contribution in [0.25, 0.3) is 0 Å². The van der Waals surface area contributed by atoms with Gasteiger partial charge in [0.05, 0.1) is 12.3 Å². The normalized spacial score (nSPS) is 11.8. The van der Waals surface area contributed by atoms with Gasteiger partial charge in [0.1, 0.15) is 17.4 Å². The highest BCUT2D eigenvalue weighted by Gasteiger charge is 2.24. The van der Waals surface area contributed by atoms with E-state index in [0.29, 0.717) is 5.56 Å². The summed E-state index contributed by atoms with van der Waals surface area (Å²) in [5, 5.41) is 16.7. The lowest BCUT2D eigenvalue weighted by Gasteiger charge is -2.06. The van der Waals surface area contributed by atoms with Gasteiger partial charge in [0, 0.05) is 7.05 Å². The molecule has 90 valence electrons. The Bertz CT molecular complexity index is 629. The van der Waals surface area contributed by atoms with Crippen molar-refractivity contribution in [3.05, 3.63) is 47.5 Å². The number of carbonyl (C=O) groups excluding carboxylic acids is 1. The molecule has 0 saturated heterocycles. The molecule has 0 aliphatic heterocycles. The van der Waals surface area contributed by atoms with E-state index in [9.17, 15) is 9.18 Å². The highest BCUT2D eigenvalue weighted by atomic mass is 19.1. The Kier molecular flexibility index (Phi) is 3.15. The summed E-state index contributed by atoms with van der Waals surface area (Å²) >= 11 is 0. The summed E-state index contributed by atoms with van der Waals surface area (Å²) in [4.78, 5) is 13.3. The first kappa shape index (κ1) is 11.9. The standard InChI is InChI=1S/C12H9FN4O/c1-17-15-7-11(16-17)12(18)10(6-14)8-3-2-4-9(13)5-8/h2-5,7,10H,1H3. The van der Waals surface area contributed by atoms with Crippen LogP contribution in [-0.4, -0.2) is 20.8 Å². The number of nitrogens with zero attached hydrogens (tertiary/aromatic N) is 4. The van der Waals surface area contributed by atoms with Crippen molar-refractivity contribution < 1.29 is 9.18 Å². The monoisotopic (exact) mass is 244 g/mol. The molecule has 0 aliphatic carbocycles. The van der Waals surface area contributed by atoms with Crippen molar-refractivity contribution in [2.75, 3.05) is 0 Å². The number of carbonyl (C=O) groups is 1. The third kappa shape index (κ3) is 2.25. The third-order valence-corrected chi connectivity index (χ3v) is 2.43. The molecule has 0 radical (unpaired) electrons. The summed E-state index contributed by atoms with van der Waals surface area (Å²) < 4.78 is 13.1. The zero-order valence-electron chi connectivity index (χ0n) is 9.54. The lowest BCUT2D eigenvalue weighted by atomic mass is 9.94. The molecule has 18 heavy (non-hydrogen) atoms. The Balaban J connectivity index is 2.35. The highest BCUT2D eigenvalue weighted by molar-refractivity contribution is 6.00. The minimum Gasteiger partial charge on any atom is -0.290 e. The first-order chi connectivity index (χ1) is 8.61. The number of aryl methyl sites for hydroxylation is 1. The first-order valence-electron chi connectivity index (χ1n) is 5.17. The second-order valence-corrected chi connectivity index (χ2v) is 3.70. The molecule has 0 aliphatic rings. The number of ketones is 1. The van der Waals surface area contributed by atoms with Gasteiger partial charge in [-0.1, -0.05) is 12.1 Å². The largest absolute Gasteiger partial charge is 0.290 e. The molecule has 2 aromatic rings. The zero-order valence-corrected chi connectivity index (χ0v) is 9.54. The molecule has 5 nitrogen and oxygen atoms in total. The first-order valence-corrected chi connectivity index (χ1v) is 5.17. The molecule has 1 heterocycles. The van der Waals surface area contributed by atoms with Crippen LogP contribution in [0.4, 0.5) is 4.39 Å². The Morgan fingerprint density at radius 3 is 2.89 bits per heavy atom. The van der Waals surface area contributed by atoms with E-state index in [1.165, 1.54) is 35.3 Å². The summed E-state index contributed by atoms with van der Waals surface area (Å²) in [7, 11) is 1.57. The van der Waals surface area contributed by atoms with Crippen LogP contribution in [0.15, 0.2) is 30.5 Å². The highest BCUT2D eigenvalue weighted by Crippen LogP contribution is 2.20. The van der Waals surface area contributed by atoms with Crippen LogP contribution < -0.4 is 0 Å².